The standard InChI is InChI=1S/C21H16N2O2S/c24-23(25)17-10-6-9-16(13-17)21-14-19(15-7-2-1-3-8-15)22-18-11-4-5-12-20(18)26-21/h1-13,21H,14H2/t21-/m0/s1. The van der Waals surface area contributed by atoms with Gasteiger partial charge in [0.05, 0.1) is 10.6 Å². The fraction of sp³-hybridized carbons (Fsp3) is 0.0952. The van der Waals surface area contributed by atoms with Crippen LogP contribution in [-0.4, -0.2) is 10.6 Å². The van der Waals surface area contributed by atoms with Gasteiger partial charge in [-0.2, -0.15) is 0 Å². The van der Waals surface area contributed by atoms with Crippen LogP contribution in [0.4, 0.5) is 11.4 Å². The van der Waals surface area contributed by atoms with Gasteiger partial charge in [-0.05, 0) is 23.3 Å². The summed E-state index contributed by atoms with van der Waals surface area (Å²) in [5.41, 5.74) is 4.10. The Morgan fingerprint density at radius 3 is 2.54 bits per heavy atom. The zero-order valence-corrected chi connectivity index (χ0v) is 14.7. The molecular weight excluding hydrogens is 344 g/mol. The number of fused-ring (bicyclic) bond motifs is 1. The van der Waals surface area contributed by atoms with E-state index in [-0.39, 0.29) is 15.9 Å². The van der Waals surface area contributed by atoms with Crippen molar-refractivity contribution in [3.05, 3.63) is 100 Å². The third-order valence-corrected chi connectivity index (χ3v) is 5.65. The summed E-state index contributed by atoms with van der Waals surface area (Å²) in [6.07, 6.45) is 0.713. The SMILES string of the molecule is O=[N+]([O-])c1cccc([C@@H]2CC(c3ccccc3)=Nc3ccccc3S2)c1. The van der Waals surface area contributed by atoms with Gasteiger partial charge in [0.15, 0.2) is 0 Å². The van der Waals surface area contributed by atoms with Crippen molar-refractivity contribution in [2.24, 2.45) is 4.99 Å². The van der Waals surface area contributed by atoms with Gasteiger partial charge in [0.25, 0.3) is 5.69 Å². The Kier molecular flexibility index (Phi) is 4.54. The molecule has 0 spiro atoms. The highest BCUT2D eigenvalue weighted by Crippen LogP contribution is 2.45. The molecule has 0 N–H and O–H groups in total. The van der Waals surface area contributed by atoms with E-state index < -0.39 is 0 Å². The molecule has 1 aliphatic rings. The second-order valence-electron chi connectivity index (χ2n) is 6.05. The van der Waals surface area contributed by atoms with Gasteiger partial charge in [-0.25, -0.2) is 0 Å². The number of nitro benzene ring substituents is 1. The maximum Gasteiger partial charge on any atom is 0.269 e. The van der Waals surface area contributed by atoms with E-state index in [1.807, 2.05) is 42.5 Å². The van der Waals surface area contributed by atoms with Crippen molar-refractivity contribution in [1.82, 2.24) is 0 Å². The van der Waals surface area contributed by atoms with Crippen LogP contribution in [0.2, 0.25) is 0 Å². The lowest BCUT2D eigenvalue weighted by molar-refractivity contribution is -0.384. The number of rotatable bonds is 3. The topological polar surface area (TPSA) is 55.5 Å². The van der Waals surface area contributed by atoms with E-state index in [4.69, 9.17) is 4.99 Å². The smallest absolute Gasteiger partial charge is 0.258 e. The molecule has 1 heterocycles. The van der Waals surface area contributed by atoms with Crippen LogP contribution in [-0.2, 0) is 0 Å². The highest BCUT2D eigenvalue weighted by Gasteiger charge is 2.23. The third kappa shape index (κ3) is 3.39. The third-order valence-electron chi connectivity index (χ3n) is 4.33. The first-order valence-corrected chi connectivity index (χ1v) is 9.22. The molecule has 1 aliphatic heterocycles. The van der Waals surface area contributed by atoms with E-state index in [0.29, 0.717) is 6.42 Å². The molecule has 0 saturated heterocycles. The number of non-ortho nitro benzene ring substituents is 1. The lowest BCUT2D eigenvalue weighted by atomic mass is 10.0. The average Bonchev–Trinajstić information content (AvgIpc) is 2.88. The molecule has 3 aromatic rings. The molecule has 0 aliphatic carbocycles. The molecule has 0 bridgehead atoms. The van der Waals surface area contributed by atoms with Crippen LogP contribution >= 0.6 is 11.8 Å². The van der Waals surface area contributed by atoms with Crippen LogP contribution in [0.3, 0.4) is 0 Å². The van der Waals surface area contributed by atoms with Crippen LogP contribution < -0.4 is 0 Å². The number of thioether (sulfide) groups is 1. The van der Waals surface area contributed by atoms with Crippen molar-refractivity contribution < 1.29 is 4.92 Å². The van der Waals surface area contributed by atoms with Crippen molar-refractivity contribution in [3.8, 4) is 0 Å². The van der Waals surface area contributed by atoms with Crippen LogP contribution in [0.1, 0.15) is 22.8 Å². The van der Waals surface area contributed by atoms with Gasteiger partial charge in [0, 0.05) is 34.4 Å². The largest absolute Gasteiger partial charge is 0.269 e. The first-order chi connectivity index (χ1) is 12.7. The van der Waals surface area contributed by atoms with E-state index >= 15 is 0 Å². The summed E-state index contributed by atoms with van der Waals surface area (Å²) < 4.78 is 0. The first kappa shape index (κ1) is 16.5. The highest BCUT2D eigenvalue weighted by atomic mass is 32.2. The van der Waals surface area contributed by atoms with Gasteiger partial charge in [-0.15, -0.1) is 11.8 Å². The Morgan fingerprint density at radius 2 is 1.73 bits per heavy atom. The second kappa shape index (κ2) is 7.14. The number of nitro groups is 1. The van der Waals surface area contributed by atoms with Crippen LogP contribution in [0.25, 0.3) is 0 Å². The summed E-state index contributed by atoms with van der Waals surface area (Å²) in [5, 5.41) is 11.2. The number of para-hydroxylation sites is 1. The predicted molar refractivity (Wildman–Crippen MR) is 105 cm³/mol. The number of aliphatic imine (C=N–C) groups is 1. The lowest BCUT2D eigenvalue weighted by Gasteiger charge is -2.16. The molecule has 0 unspecified atom stereocenters. The molecule has 4 rings (SSSR count). The molecule has 128 valence electrons. The summed E-state index contributed by atoms with van der Waals surface area (Å²) in [6, 6.07) is 25.1. The number of benzene rings is 3. The molecule has 5 heteroatoms. The van der Waals surface area contributed by atoms with E-state index in [2.05, 4.69) is 18.2 Å². The maximum absolute atomic E-state index is 11.2. The van der Waals surface area contributed by atoms with Crippen LogP contribution in [0, 0.1) is 10.1 Å². The van der Waals surface area contributed by atoms with Crippen molar-refractivity contribution >= 4 is 28.8 Å². The summed E-state index contributed by atoms with van der Waals surface area (Å²) in [7, 11) is 0. The van der Waals surface area contributed by atoms with Gasteiger partial charge in [-0.3, -0.25) is 15.1 Å². The molecular formula is C21H16N2O2S. The fourth-order valence-corrected chi connectivity index (χ4v) is 4.27. The number of hydrogen-bond donors (Lipinski definition) is 0. The molecule has 1 atom stereocenters. The van der Waals surface area contributed by atoms with Gasteiger partial charge < -0.3 is 0 Å². The molecule has 4 nitrogen and oxygen atoms in total. The first-order valence-electron chi connectivity index (χ1n) is 8.34. The Morgan fingerprint density at radius 1 is 0.962 bits per heavy atom. The van der Waals surface area contributed by atoms with E-state index in [0.717, 1.165) is 27.4 Å². The Hall–Kier alpha value is -2.92. The molecule has 0 aromatic heterocycles. The molecule has 3 aromatic carbocycles. The molecule has 0 saturated carbocycles. The van der Waals surface area contributed by atoms with Crippen molar-refractivity contribution in [3.63, 3.8) is 0 Å². The van der Waals surface area contributed by atoms with Crippen LogP contribution in [0.5, 0.6) is 0 Å². The molecule has 0 radical (unpaired) electrons. The van der Waals surface area contributed by atoms with E-state index in [1.165, 1.54) is 6.07 Å². The van der Waals surface area contributed by atoms with Crippen LogP contribution in [0.15, 0.2) is 88.8 Å². The quantitative estimate of drug-likeness (QED) is 0.428. The fourth-order valence-electron chi connectivity index (χ4n) is 3.05. The number of hydrogen-bond acceptors (Lipinski definition) is 4. The molecule has 26 heavy (non-hydrogen) atoms. The van der Waals surface area contributed by atoms with Gasteiger partial charge >= 0.3 is 0 Å². The summed E-state index contributed by atoms with van der Waals surface area (Å²) in [5.74, 6) is 0. The Labute approximate surface area is 155 Å². The van der Waals surface area contributed by atoms with Crippen molar-refractivity contribution in [1.29, 1.82) is 0 Å². The van der Waals surface area contributed by atoms with E-state index in [9.17, 15) is 10.1 Å². The second-order valence-corrected chi connectivity index (χ2v) is 7.30. The van der Waals surface area contributed by atoms with Gasteiger partial charge in [0.1, 0.15) is 0 Å². The lowest BCUT2D eigenvalue weighted by Crippen LogP contribution is -2.05. The highest BCUT2D eigenvalue weighted by molar-refractivity contribution is 7.99. The zero-order valence-electron chi connectivity index (χ0n) is 13.9. The normalized spacial score (nSPS) is 16.3. The zero-order chi connectivity index (χ0) is 17.9. The number of nitrogens with zero attached hydrogens (tertiary/aromatic N) is 2. The summed E-state index contributed by atoms with van der Waals surface area (Å²) in [6.45, 7) is 0. The average molecular weight is 360 g/mol. The van der Waals surface area contributed by atoms with E-state index in [1.54, 1.807) is 23.9 Å². The van der Waals surface area contributed by atoms with Gasteiger partial charge in [-0.1, -0.05) is 54.6 Å². The van der Waals surface area contributed by atoms with Crippen molar-refractivity contribution in [2.45, 2.75) is 16.6 Å². The predicted octanol–water partition coefficient (Wildman–Crippen LogP) is 5.95. The summed E-state index contributed by atoms with van der Waals surface area (Å²) in [4.78, 5) is 16.8. The Balaban J connectivity index is 1.79. The monoisotopic (exact) mass is 360 g/mol. The summed E-state index contributed by atoms with van der Waals surface area (Å²) >= 11 is 1.71. The molecule has 0 amide bonds. The maximum atomic E-state index is 11.2. The Bertz CT molecular complexity index is 986. The molecule has 0 fully saturated rings. The minimum atomic E-state index is -0.342. The minimum absolute atomic E-state index is 0.0671. The van der Waals surface area contributed by atoms with Gasteiger partial charge in [0.2, 0.25) is 0 Å². The minimum Gasteiger partial charge on any atom is -0.258 e. The van der Waals surface area contributed by atoms with Crippen molar-refractivity contribution in [2.75, 3.05) is 0 Å².